The zero-order valence-electron chi connectivity index (χ0n) is 12.3. The summed E-state index contributed by atoms with van der Waals surface area (Å²) >= 11 is 0. The van der Waals surface area contributed by atoms with Crippen LogP contribution in [0, 0.1) is 12.7 Å². The van der Waals surface area contributed by atoms with Gasteiger partial charge in [-0.05, 0) is 50.6 Å². The molecule has 1 heterocycles. The van der Waals surface area contributed by atoms with E-state index in [0.717, 1.165) is 29.8 Å². The minimum atomic E-state index is -0.206. The molecule has 0 aliphatic rings. The van der Waals surface area contributed by atoms with E-state index in [2.05, 4.69) is 24.1 Å². The lowest BCUT2D eigenvalue weighted by Gasteiger charge is -2.15. The fourth-order valence-corrected chi connectivity index (χ4v) is 2.14. The highest BCUT2D eigenvalue weighted by Crippen LogP contribution is 2.26. The molecule has 0 fully saturated rings. The first-order valence-electron chi connectivity index (χ1n) is 7.07. The van der Waals surface area contributed by atoms with E-state index < -0.39 is 0 Å². The molecule has 0 aliphatic carbocycles. The maximum Gasteiger partial charge on any atom is 0.131 e. The molecule has 0 bridgehead atoms. The summed E-state index contributed by atoms with van der Waals surface area (Å²) in [7, 11) is 0. The standard InChI is InChI=1S/C17H21FN2/c1-4-9-19-13(3)14-7-8-17(18)16(10-14)15-6-5-12(2)20-11-15/h5-8,10-11,13,19H,4,9H2,1-3H3. The zero-order valence-corrected chi connectivity index (χ0v) is 12.3. The molecule has 1 N–H and O–H groups in total. The van der Waals surface area contributed by atoms with Gasteiger partial charge in [-0.3, -0.25) is 4.98 Å². The quantitative estimate of drug-likeness (QED) is 0.879. The van der Waals surface area contributed by atoms with Gasteiger partial charge in [-0.1, -0.05) is 19.1 Å². The first kappa shape index (κ1) is 14.7. The molecule has 2 nitrogen and oxygen atoms in total. The van der Waals surface area contributed by atoms with Crippen molar-refractivity contribution in [3.05, 3.63) is 53.6 Å². The third-order valence-electron chi connectivity index (χ3n) is 3.41. The third kappa shape index (κ3) is 3.42. The van der Waals surface area contributed by atoms with Crippen molar-refractivity contribution < 1.29 is 4.39 Å². The molecule has 20 heavy (non-hydrogen) atoms. The summed E-state index contributed by atoms with van der Waals surface area (Å²) in [6.45, 7) is 7.11. The van der Waals surface area contributed by atoms with E-state index in [1.165, 1.54) is 6.07 Å². The number of rotatable bonds is 5. The third-order valence-corrected chi connectivity index (χ3v) is 3.41. The predicted octanol–water partition coefficient (Wildman–Crippen LogP) is 4.26. The first-order chi connectivity index (χ1) is 9.61. The van der Waals surface area contributed by atoms with Crippen LogP contribution in [0.3, 0.4) is 0 Å². The Hall–Kier alpha value is -1.74. The molecule has 0 saturated carbocycles. The Balaban J connectivity index is 2.31. The lowest BCUT2D eigenvalue weighted by Crippen LogP contribution is -2.19. The van der Waals surface area contributed by atoms with E-state index in [-0.39, 0.29) is 11.9 Å². The average Bonchev–Trinajstić information content (AvgIpc) is 2.46. The minimum absolute atomic E-state index is 0.206. The van der Waals surface area contributed by atoms with Gasteiger partial charge in [0.05, 0.1) is 0 Å². The van der Waals surface area contributed by atoms with Crippen molar-refractivity contribution in [1.29, 1.82) is 0 Å². The number of hydrogen-bond donors (Lipinski definition) is 1. The van der Waals surface area contributed by atoms with Crippen molar-refractivity contribution in [3.63, 3.8) is 0 Å². The number of aromatic nitrogens is 1. The molecule has 2 aromatic rings. The maximum atomic E-state index is 14.0. The number of nitrogens with one attached hydrogen (secondary N) is 1. The van der Waals surface area contributed by atoms with Crippen LogP contribution >= 0.6 is 0 Å². The van der Waals surface area contributed by atoms with E-state index in [4.69, 9.17) is 0 Å². The van der Waals surface area contributed by atoms with Crippen molar-refractivity contribution in [2.45, 2.75) is 33.2 Å². The van der Waals surface area contributed by atoms with Crippen LogP contribution in [0.5, 0.6) is 0 Å². The second-order valence-corrected chi connectivity index (χ2v) is 5.10. The summed E-state index contributed by atoms with van der Waals surface area (Å²) in [6.07, 6.45) is 2.81. The van der Waals surface area contributed by atoms with E-state index in [1.54, 1.807) is 6.20 Å². The molecule has 1 unspecified atom stereocenters. The smallest absolute Gasteiger partial charge is 0.131 e. The number of benzene rings is 1. The van der Waals surface area contributed by atoms with Gasteiger partial charge in [-0.2, -0.15) is 0 Å². The summed E-state index contributed by atoms with van der Waals surface area (Å²) in [5.41, 5.74) is 3.46. The molecule has 0 aliphatic heterocycles. The Bertz CT molecular complexity index is 564. The molecular formula is C17H21FN2. The van der Waals surface area contributed by atoms with Gasteiger partial charge in [0, 0.05) is 29.1 Å². The zero-order chi connectivity index (χ0) is 14.5. The highest BCUT2D eigenvalue weighted by Gasteiger charge is 2.10. The molecule has 0 saturated heterocycles. The Morgan fingerprint density at radius 1 is 1.25 bits per heavy atom. The van der Waals surface area contributed by atoms with Crippen molar-refractivity contribution in [3.8, 4) is 11.1 Å². The van der Waals surface area contributed by atoms with Gasteiger partial charge in [0.25, 0.3) is 0 Å². The fraction of sp³-hybridized carbons (Fsp3) is 0.353. The van der Waals surface area contributed by atoms with Crippen LogP contribution in [0.15, 0.2) is 36.5 Å². The average molecular weight is 272 g/mol. The molecule has 0 amide bonds. The lowest BCUT2D eigenvalue weighted by atomic mass is 10.0. The topological polar surface area (TPSA) is 24.9 Å². The van der Waals surface area contributed by atoms with Gasteiger partial charge in [-0.15, -0.1) is 0 Å². The van der Waals surface area contributed by atoms with Crippen molar-refractivity contribution in [2.75, 3.05) is 6.54 Å². The van der Waals surface area contributed by atoms with E-state index >= 15 is 0 Å². The van der Waals surface area contributed by atoms with Gasteiger partial charge >= 0.3 is 0 Å². The van der Waals surface area contributed by atoms with Gasteiger partial charge in [0.15, 0.2) is 0 Å². The van der Waals surface area contributed by atoms with Crippen LogP contribution in [0.2, 0.25) is 0 Å². The summed E-state index contributed by atoms with van der Waals surface area (Å²) < 4.78 is 14.0. The van der Waals surface area contributed by atoms with E-state index in [0.29, 0.717) is 5.56 Å². The van der Waals surface area contributed by atoms with Crippen molar-refractivity contribution in [1.82, 2.24) is 10.3 Å². The Morgan fingerprint density at radius 2 is 2.05 bits per heavy atom. The van der Waals surface area contributed by atoms with Crippen LogP contribution in [0.25, 0.3) is 11.1 Å². The second-order valence-electron chi connectivity index (χ2n) is 5.10. The highest BCUT2D eigenvalue weighted by molar-refractivity contribution is 5.64. The van der Waals surface area contributed by atoms with Crippen LogP contribution in [0.1, 0.15) is 37.6 Å². The Kier molecular flexibility index (Phi) is 4.85. The van der Waals surface area contributed by atoms with Crippen LogP contribution in [0.4, 0.5) is 4.39 Å². The van der Waals surface area contributed by atoms with Gasteiger partial charge in [0.2, 0.25) is 0 Å². The lowest BCUT2D eigenvalue weighted by molar-refractivity contribution is 0.568. The van der Waals surface area contributed by atoms with Gasteiger partial charge in [-0.25, -0.2) is 4.39 Å². The van der Waals surface area contributed by atoms with Crippen LogP contribution in [-0.4, -0.2) is 11.5 Å². The molecule has 0 spiro atoms. The summed E-state index contributed by atoms with van der Waals surface area (Å²) in [5, 5.41) is 3.42. The SMILES string of the molecule is CCCNC(C)c1ccc(F)c(-c2ccc(C)nc2)c1. The molecule has 0 radical (unpaired) electrons. The Morgan fingerprint density at radius 3 is 2.70 bits per heavy atom. The largest absolute Gasteiger partial charge is 0.310 e. The number of hydrogen-bond acceptors (Lipinski definition) is 2. The second kappa shape index (κ2) is 6.62. The number of halogens is 1. The molecule has 1 aromatic heterocycles. The monoisotopic (exact) mass is 272 g/mol. The molecule has 1 atom stereocenters. The summed E-state index contributed by atoms with van der Waals surface area (Å²) in [4.78, 5) is 4.24. The molecule has 2 rings (SSSR count). The highest BCUT2D eigenvalue weighted by atomic mass is 19.1. The molecule has 3 heteroatoms. The normalized spacial score (nSPS) is 12.4. The maximum absolute atomic E-state index is 14.0. The molecular weight excluding hydrogens is 251 g/mol. The van der Waals surface area contributed by atoms with Crippen molar-refractivity contribution in [2.24, 2.45) is 0 Å². The van der Waals surface area contributed by atoms with Crippen LogP contribution < -0.4 is 5.32 Å². The minimum Gasteiger partial charge on any atom is -0.310 e. The first-order valence-corrected chi connectivity index (χ1v) is 7.07. The van der Waals surface area contributed by atoms with Crippen LogP contribution in [-0.2, 0) is 0 Å². The number of aryl methyl sites for hydroxylation is 1. The Labute approximate surface area is 120 Å². The summed E-state index contributed by atoms with van der Waals surface area (Å²) in [6, 6.07) is 9.32. The van der Waals surface area contributed by atoms with Gasteiger partial charge < -0.3 is 5.32 Å². The number of pyridine rings is 1. The molecule has 106 valence electrons. The van der Waals surface area contributed by atoms with E-state index in [1.807, 2.05) is 31.2 Å². The number of nitrogens with zero attached hydrogens (tertiary/aromatic N) is 1. The van der Waals surface area contributed by atoms with E-state index in [9.17, 15) is 4.39 Å². The van der Waals surface area contributed by atoms with Crippen molar-refractivity contribution >= 4 is 0 Å². The van der Waals surface area contributed by atoms with Gasteiger partial charge in [0.1, 0.15) is 5.82 Å². The predicted molar refractivity (Wildman–Crippen MR) is 81.1 cm³/mol. The summed E-state index contributed by atoms with van der Waals surface area (Å²) in [5.74, 6) is -0.206. The molecule has 1 aromatic carbocycles. The fourth-order valence-electron chi connectivity index (χ4n) is 2.14.